The number of aromatic nitrogens is 1. The van der Waals surface area contributed by atoms with Crippen LogP contribution in [0.1, 0.15) is 11.3 Å². The summed E-state index contributed by atoms with van der Waals surface area (Å²) in [5.74, 6) is 0.811. The average molecular weight is 250 g/mol. The molecule has 0 aliphatic rings. The zero-order valence-corrected chi connectivity index (χ0v) is 10.4. The lowest BCUT2D eigenvalue weighted by molar-refractivity contribution is 0.184. The third kappa shape index (κ3) is 3.44. The van der Waals surface area contributed by atoms with Gasteiger partial charge in [0.2, 0.25) is 0 Å². The van der Waals surface area contributed by atoms with Gasteiger partial charge in [0.15, 0.2) is 5.13 Å². The number of nitrogen functional groups attached to an aromatic ring is 1. The summed E-state index contributed by atoms with van der Waals surface area (Å²) < 4.78 is 10.7. The molecule has 1 heterocycles. The predicted molar refractivity (Wildman–Crippen MR) is 68.0 cm³/mol. The van der Waals surface area contributed by atoms with E-state index in [1.165, 1.54) is 11.3 Å². The fraction of sp³-hybridized carbons (Fsp3) is 0.250. The van der Waals surface area contributed by atoms with Crippen LogP contribution in [0.4, 0.5) is 5.13 Å². The van der Waals surface area contributed by atoms with Crippen LogP contribution in [0.25, 0.3) is 0 Å². The zero-order chi connectivity index (χ0) is 12.1. The molecule has 0 saturated carbocycles. The monoisotopic (exact) mass is 250 g/mol. The lowest BCUT2D eigenvalue weighted by atomic mass is 10.2. The van der Waals surface area contributed by atoms with Crippen molar-refractivity contribution in [1.82, 2.24) is 4.98 Å². The number of anilines is 1. The van der Waals surface area contributed by atoms with E-state index in [9.17, 15) is 0 Å². The Morgan fingerprint density at radius 3 is 2.94 bits per heavy atom. The molecular formula is C12H14N2O2S. The SMILES string of the molecule is COCc1cccc(OCc2csc(N)n2)c1. The van der Waals surface area contributed by atoms with E-state index in [-0.39, 0.29) is 0 Å². The Balaban J connectivity index is 1.96. The molecule has 4 nitrogen and oxygen atoms in total. The number of benzene rings is 1. The van der Waals surface area contributed by atoms with Gasteiger partial charge in [-0.2, -0.15) is 0 Å². The smallest absolute Gasteiger partial charge is 0.180 e. The predicted octanol–water partition coefficient (Wildman–Crippen LogP) is 2.45. The van der Waals surface area contributed by atoms with Crippen LogP contribution in [0.5, 0.6) is 5.75 Å². The lowest BCUT2D eigenvalue weighted by Crippen LogP contribution is -1.97. The van der Waals surface area contributed by atoms with Gasteiger partial charge < -0.3 is 15.2 Å². The number of nitrogens with zero attached hydrogens (tertiary/aromatic N) is 1. The molecule has 0 saturated heterocycles. The van der Waals surface area contributed by atoms with E-state index in [1.807, 2.05) is 29.6 Å². The van der Waals surface area contributed by atoms with Crippen molar-refractivity contribution in [3.8, 4) is 5.75 Å². The van der Waals surface area contributed by atoms with Gasteiger partial charge in [0.1, 0.15) is 12.4 Å². The van der Waals surface area contributed by atoms with Crippen molar-refractivity contribution in [2.75, 3.05) is 12.8 Å². The molecule has 17 heavy (non-hydrogen) atoms. The second-order valence-corrected chi connectivity index (χ2v) is 4.44. The van der Waals surface area contributed by atoms with E-state index in [1.54, 1.807) is 7.11 Å². The zero-order valence-electron chi connectivity index (χ0n) is 9.55. The van der Waals surface area contributed by atoms with Crippen molar-refractivity contribution in [2.45, 2.75) is 13.2 Å². The Morgan fingerprint density at radius 1 is 1.35 bits per heavy atom. The normalized spacial score (nSPS) is 10.4. The Hall–Kier alpha value is -1.59. The number of methoxy groups -OCH3 is 1. The van der Waals surface area contributed by atoms with Gasteiger partial charge in [-0.1, -0.05) is 12.1 Å². The first-order chi connectivity index (χ1) is 8.28. The molecule has 5 heteroatoms. The highest BCUT2D eigenvalue weighted by atomic mass is 32.1. The summed E-state index contributed by atoms with van der Waals surface area (Å²) in [5, 5.41) is 2.46. The van der Waals surface area contributed by atoms with E-state index >= 15 is 0 Å². The van der Waals surface area contributed by atoms with Crippen molar-refractivity contribution in [1.29, 1.82) is 0 Å². The molecule has 0 aliphatic heterocycles. The largest absolute Gasteiger partial charge is 0.487 e. The number of rotatable bonds is 5. The van der Waals surface area contributed by atoms with E-state index in [2.05, 4.69) is 4.98 Å². The summed E-state index contributed by atoms with van der Waals surface area (Å²) in [7, 11) is 1.67. The topological polar surface area (TPSA) is 57.4 Å². The molecule has 0 unspecified atom stereocenters. The third-order valence-corrected chi connectivity index (χ3v) is 2.89. The first-order valence-electron chi connectivity index (χ1n) is 5.18. The van der Waals surface area contributed by atoms with E-state index in [0.29, 0.717) is 18.3 Å². The van der Waals surface area contributed by atoms with Crippen LogP contribution in [0.3, 0.4) is 0 Å². The molecule has 1 aromatic carbocycles. The maximum atomic E-state index is 5.63. The minimum Gasteiger partial charge on any atom is -0.487 e. The second-order valence-electron chi connectivity index (χ2n) is 3.55. The molecule has 90 valence electrons. The molecule has 1 aromatic heterocycles. The van der Waals surface area contributed by atoms with Crippen LogP contribution in [-0.2, 0) is 18.0 Å². The number of hydrogen-bond donors (Lipinski definition) is 1. The summed E-state index contributed by atoms with van der Waals surface area (Å²) in [6.45, 7) is 1.02. The number of ether oxygens (including phenoxy) is 2. The molecule has 0 bridgehead atoms. The molecule has 0 radical (unpaired) electrons. The molecular weight excluding hydrogens is 236 g/mol. The molecule has 0 aliphatic carbocycles. The van der Waals surface area contributed by atoms with Crippen molar-refractivity contribution in [3.63, 3.8) is 0 Å². The Bertz CT molecular complexity index is 485. The van der Waals surface area contributed by atoms with Gasteiger partial charge in [-0.3, -0.25) is 0 Å². The highest BCUT2D eigenvalue weighted by Gasteiger charge is 2.01. The fourth-order valence-corrected chi connectivity index (χ4v) is 1.99. The van der Waals surface area contributed by atoms with Gasteiger partial charge >= 0.3 is 0 Å². The summed E-state index contributed by atoms with van der Waals surface area (Å²) in [6, 6.07) is 7.81. The van der Waals surface area contributed by atoms with E-state index in [0.717, 1.165) is 17.0 Å². The highest BCUT2D eigenvalue weighted by Crippen LogP contribution is 2.17. The van der Waals surface area contributed by atoms with E-state index in [4.69, 9.17) is 15.2 Å². The van der Waals surface area contributed by atoms with Crippen LogP contribution in [0.2, 0.25) is 0 Å². The van der Waals surface area contributed by atoms with Crippen LogP contribution in [0, 0.1) is 0 Å². The summed E-state index contributed by atoms with van der Waals surface area (Å²) >= 11 is 1.42. The number of hydrogen-bond acceptors (Lipinski definition) is 5. The molecule has 2 N–H and O–H groups in total. The second kappa shape index (κ2) is 5.65. The van der Waals surface area contributed by atoms with Crippen molar-refractivity contribution >= 4 is 16.5 Å². The summed E-state index contributed by atoms with van der Waals surface area (Å²) in [4.78, 5) is 4.13. The van der Waals surface area contributed by atoms with Crippen molar-refractivity contribution < 1.29 is 9.47 Å². The van der Waals surface area contributed by atoms with E-state index < -0.39 is 0 Å². The molecule has 0 atom stereocenters. The van der Waals surface area contributed by atoms with Crippen LogP contribution in [0.15, 0.2) is 29.6 Å². The first-order valence-corrected chi connectivity index (χ1v) is 6.06. The molecule has 0 fully saturated rings. The average Bonchev–Trinajstić information content (AvgIpc) is 2.74. The quantitative estimate of drug-likeness (QED) is 0.885. The van der Waals surface area contributed by atoms with Crippen molar-refractivity contribution in [3.05, 3.63) is 40.9 Å². The highest BCUT2D eigenvalue weighted by molar-refractivity contribution is 7.13. The summed E-state index contributed by atoms with van der Waals surface area (Å²) in [6.07, 6.45) is 0. The molecule has 0 spiro atoms. The van der Waals surface area contributed by atoms with Crippen LogP contribution < -0.4 is 10.5 Å². The third-order valence-electron chi connectivity index (χ3n) is 2.17. The Kier molecular flexibility index (Phi) is 3.95. The van der Waals surface area contributed by atoms with Gasteiger partial charge in [0.25, 0.3) is 0 Å². The van der Waals surface area contributed by atoms with Gasteiger partial charge in [0, 0.05) is 12.5 Å². The summed E-state index contributed by atoms with van der Waals surface area (Å²) in [5.41, 5.74) is 7.48. The Labute approximate surface area is 104 Å². The molecule has 0 amide bonds. The van der Waals surface area contributed by atoms with Gasteiger partial charge in [-0.25, -0.2) is 4.98 Å². The van der Waals surface area contributed by atoms with Crippen LogP contribution >= 0.6 is 11.3 Å². The van der Waals surface area contributed by atoms with Gasteiger partial charge in [-0.15, -0.1) is 11.3 Å². The van der Waals surface area contributed by atoms with Crippen LogP contribution in [-0.4, -0.2) is 12.1 Å². The van der Waals surface area contributed by atoms with Crippen molar-refractivity contribution in [2.24, 2.45) is 0 Å². The fourth-order valence-electron chi connectivity index (χ4n) is 1.44. The Morgan fingerprint density at radius 2 is 2.24 bits per heavy atom. The maximum absolute atomic E-state index is 5.63. The van der Waals surface area contributed by atoms with Gasteiger partial charge in [-0.05, 0) is 17.7 Å². The molecule has 2 rings (SSSR count). The maximum Gasteiger partial charge on any atom is 0.180 e. The first kappa shape index (κ1) is 11.9. The van der Waals surface area contributed by atoms with Gasteiger partial charge in [0.05, 0.1) is 12.3 Å². The number of thiazole rings is 1. The minimum absolute atomic E-state index is 0.435. The number of nitrogens with two attached hydrogens (primary N) is 1. The molecule has 2 aromatic rings. The standard InChI is InChI=1S/C12H14N2O2S/c1-15-6-9-3-2-4-11(5-9)16-7-10-8-17-12(13)14-10/h2-5,8H,6-7H2,1H3,(H2,13,14). The lowest BCUT2D eigenvalue weighted by Gasteiger charge is -2.06. The minimum atomic E-state index is 0.435.